The second-order valence-electron chi connectivity index (χ2n) is 4.05. The van der Waals surface area contributed by atoms with E-state index in [0.717, 1.165) is 5.56 Å². The molecule has 0 atom stereocenters. The summed E-state index contributed by atoms with van der Waals surface area (Å²) in [5, 5.41) is 14.6. The maximum Gasteiger partial charge on any atom is 0.255 e. The number of rotatable bonds is 6. The fourth-order valence-corrected chi connectivity index (χ4v) is 1.44. The molecule has 6 nitrogen and oxygen atoms in total. The fraction of sp³-hybridized carbons (Fsp3) is 0.385. The topological polar surface area (TPSA) is 87.7 Å². The van der Waals surface area contributed by atoms with Crippen LogP contribution in [0.3, 0.4) is 0 Å². The lowest BCUT2D eigenvalue weighted by Gasteiger charge is -2.08. The predicted octanol–water partition coefficient (Wildman–Crippen LogP) is 0.193. The van der Waals surface area contributed by atoms with Crippen molar-refractivity contribution in [3.63, 3.8) is 0 Å². The number of aryl methyl sites for hydroxylation is 1. The van der Waals surface area contributed by atoms with Crippen LogP contribution in [-0.2, 0) is 9.53 Å². The third kappa shape index (κ3) is 4.97. The number of methoxy groups -OCH3 is 1. The molecule has 2 amide bonds. The van der Waals surface area contributed by atoms with Gasteiger partial charge in [0, 0.05) is 13.7 Å². The molecule has 0 bridgehead atoms. The van der Waals surface area contributed by atoms with E-state index >= 15 is 0 Å². The molecule has 0 unspecified atom stereocenters. The van der Waals surface area contributed by atoms with E-state index in [1.807, 2.05) is 6.92 Å². The lowest BCUT2D eigenvalue weighted by Crippen LogP contribution is -2.38. The Kier molecular flexibility index (Phi) is 5.81. The molecular weight excluding hydrogens is 248 g/mol. The van der Waals surface area contributed by atoms with Gasteiger partial charge in [-0.25, -0.2) is 0 Å². The van der Waals surface area contributed by atoms with Crippen LogP contribution in [0.15, 0.2) is 18.2 Å². The highest BCUT2D eigenvalue weighted by molar-refractivity contribution is 5.98. The van der Waals surface area contributed by atoms with Crippen LogP contribution in [-0.4, -0.2) is 43.7 Å². The molecule has 0 aliphatic carbocycles. The highest BCUT2D eigenvalue weighted by Crippen LogP contribution is 2.17. The van der Waals surface area contributed by atoms with E-state index < -0.39 is 5.91 Å². The summed E-state index contributed by atoms with van der Waals surface area (Å²) >= 11 is 0. The summed E-state index contributed by atoms with van der Waals surface area (Å²) in [5.74, 6) is -0.900. The van der Waals surface area contributed by atoms with Gasteiger partial charge in [0.15, 0.2) is 0 Å². The quantitative estimate of drug-likeness (QED) is 0.642. The van der Waals surface area contributed by atoms with E-state index in [2.05, 4.69) is 10.6 Å². The molecule has 0 spiro atoms. The lowest BCUT2D eigenvalue weighted by atomic mass is 10.1. The number of hydrogen-bond acceptors (Lipinski definition) is 4. The SMILES string of the molecule is COCCNC(=O)CNC(=O)c1cc(C)ccc1O. The number of aromatic hydroxyl groups is 1. The van der Waals surface area contributed by atoms with E-state index in [-0.39, 0.29) is 23.8 Å². The Bertz CT molecular complexity index is 460. The van der Waals surface area contributed by atoms with Gasteiger partial charge in [-0.2, -0.15) is 0 Å². The van der Waals surface area contributed by atoms with Gasteiger partial charge in [0.1, 0.15) is 5.75 Å². The van der Waals surface area contributed by atoms with E-state index in [0.29, 0.717) is 13.2 Å². The first-order valence-electron chi connectivity index (χ1n) is 5.88. The first-order valence-corrected chi connectivity index (χ1v) is 5.88. The van der Waals surface area contributed by atoms with Crippen molar-refractivity contribution < 1.29 is 19.4 Å². The number of carbonyl (C=O) groups is 2. The summed E-state index contributed by atoms with van der Waals surface area (Å²) in [4.78, 5) is 23.1. The van der Waals surface area contributed by atoms with Crippen LogP contribution in [0.2, 0.25) is 0 Å². The van der Waals surface area contributed by atoms with Crippen molar-refractivity contribution in [2.24, 2.45) is 0 Å². The van der Waals surface area contributed by atoms with Gasteiger partial charge in [0.2, 0.25) is 5.91 Å². The molecule has 0 aliphatic heterocycles. The molecule has 3 N–H and O–H groups in total. The Morgan fingerprint density at radius 2 is 2.05 bits per heavy atom. The van der Waals surface area contributed by atoms with Crippen LogP contribution < -0.4 is 10.6 Å². The van der Waals surface area contributed by atoms with Crippen molar-refractivity contribution in [3.8, 4) is 5.75 Å². The Hall–Kier alpha value is -2.08. The lowest BCUT2D eigenvalue weighted by molar-refractivity contribution is -0.120. The van der Waals surface area contributed by atoms with Crippen molar-refractivity contribution >= 4 is 11.8 Å². The maximum absolute atomic E-state index is 11.8. The molecule has 104 valence electrons. The smallest absolute Gasteiger partial charge is 0.255 e. The van der Waals surface area contributed by atoms with Gasteiger partial charge >= 0.3 is 0 Å². The molecule has 0 aliphatic rings. The van der Waals surface area contributed by atoms with Crippen LogP contribution >= 0.6 is 0 Å². The monoisotopic (exact) mass is 266 g/mol. The highest BCUT2D eigenvalue weighted by atomic mass is 16.5. The number of phenols is 1. The number of phenolic OH excluding ortho intramolecular Hbond substituents is 1. The summed E-state index contributed by atoms with van der Waals surface area (Å²) in [6.45, 7) is 2.48. The number of benzene rings is 1. The summed E-state index contributed by atoms with van der Waals surface area (Å²) in [6.07, 6.45) is 0. The standard InChI is InChI=1S/C13H18N2O4/c1-9-3-4-11(16)10(7-9)13(18)15-8-12(17)14-5-6-19-2/h3-4,7,16H,5-6,8H2,1-2H3,(H,14,17)(H,15,18). The van der Waals surface area contributed by atoms with Gasteiger partial charge in [-0.15, -0.1) is 0 Å². The van der Waals surface area contributed by atoms with Crippen molar-refractivity contribution in [3.05, 3.63) is 29.3 Å². The Morgan fingerprint density at radius 3 is 2.74 bits per heavy atom. The number of ether oxygens (including phenoxy) is 1. The predicted molar refractivity (Wildman–Crippen MR) is 70.1 cm³/mol. The van der Waals surface area contributed by atoms with E-state index in [4.69, 9.17) is 4.74 Å². The molecule has 0 saturated carbocycles. The van der Waals surface area contributed by atoms with Gasteiger partial charge in [-0.05, 0) is 19.1 Å². The zero-order valence-corrected chi connectivity index (χ0v) is 11.0. The second kappa shape index (κ2) is 7.38. The Labute approximate surface area is 111 Å². The largest absolute Gasteiger partial charge is 0.507 e. The maximum atomic E-state index is 11.8. The molecule has 0 saturated heterocycles. The number of hydrogen-bond donors (Lipinski definition) is 3. The Morgan fingerprint density at radius 1 is 1.32 bits per heavy atom. The van der Waals surface area contributed by atoms with Gasteiger partial charge < -0.3 is 20.5 Å². The van der Waals surface area contributed by atoms with E-state index in [1.54, 1.807) is 12.1 Å². The molecule has 19 heavy (non-hydrogen) atoms. The first kappa shape index (κ1) is 15.0. The van der Waals surface area contributed by atoms with Gasteiger partial charge in [0.25, 0.3) is 5.91 Å². The molecular formula is C13H18N2O4. The van der Waals surface area contributed by atoms with Crippen molar-refractivity contribution in [2.45, 2.75) is 6.92 Å². The normalized spacial score (nSPS) is 10.0. The zero-order valence-electron chi connectivity index (χ0n) is 11.0. The highest BCUT2D eigenvalue weighted by Gasteiger charge is 2.12. The summed E-state index contributed by atoms with van der Waals surface area (Å²) < 4.78 is 4.78. The minimum atomic E-state index is -0.483. The number of nitrogens with one attached hydrogen (secondary N) is 2. The van der Waals surface area contributed by atoms with Crippen molar-refractivity contribution in [1.82, 2.24) is 10.6 Å². The third-order valence-electron chi connectivity index (χ3n) is 2.43. The average Bonchev–Trinajstić information content (AvgIpc) is 2.39. The minimum Gasteiger partial charge on any atom is -0.507 e. The van der Waals surface area contributed by atoms with E-state index in [1.165, 1.54) is 13.2 Å². The van der Waals surface area contributed by atoms with Gasteiger partial charge in [0.05, 0.1) is 18.7 Å². The van der Waals surface area contributed by atoms with Crippen LogP contribution in [0.5, 0.6) is 5.75 Å². The van der Waals surface area contributed by atoms with Crippen LogP contribution in [0, 0.1) is 6.92 Å². The third-order valence-corrected chi connectivity index (χ3v) is 2.43. The van der Waals surface area contributed by atoms with E-state index in [9.17, 15) is 14.7 Å². The molecule has 1 aromatic rings. The molecule has 0 heterocycles. The molecule has 0 fully saturated rings. The summed E-state index contributed by atoms with van der Waals surface area (Å²) in [5.41, 5.74) is 1.01. The van der Waals surface area contributed by atoms with Gasteiger partial charge in [-0.1, -0.05) is 11.6 Å². The summed E-state index contributed by atoms with van der Waals surface area (Å²) in [6, 6.07) is 4.71. The summed E-state index contributed by atoms with van der Waals surface area (Å²) in [7, 11) is 1.54. The minimum absolute atomic E-state index is 0.108. The second-order valence-corrected chi connectivity index (χ2v) is 4.05. The zero-order chi connectivity index (χ0) is 14.3. The first-order chi connectivity index (χ1) is 9.04. The van der Waals surface area contributed by atoms with Crippen molar-refractivity contribution in [1.29, 1.82) is 0 Å². The van der Waals surface area contributed by atoms with Gasteiger partial charge in [-0.3, -0.25) is 9.59 Å². The number of carbonyl (C=O) groups excluding carboxylic acids is 2. The Balaban J connectivity index is 2.47. The molecule has 1 aromatic carbocycles. The molecule has 6 heteroatoms. The molecule has 0 radical (unpaired) electrons. The van der Waals surface area contributed by atoms with Crippen molar-refractivity contribution in [2.75, 3.05) is 26.8 Å². The number of amides is 2. The molecule has 1 rings (SSSR count). The van der Waals surface area contributed by atoms with Crippen LogP contribution in [0.4, 0.5) is 0 Å². The van der Waals surface area contributed by atoms with Crippen LogP contribution in [0.25, 0.3) is 0 Å². The van der Waals surface area contributed by atoms with Crippen LogP contribution in [0.1, 0.15) is 15.9 Å². The average molecular weight is 266 g/mol. The fourth-order valence-electron chi connectivity index (χ4n) is 1.44. The molecule has 0 aromatic heterocycles.